The summed E-state index contributed by atoms with van der Waals surface area (Å²) >= 11 is 0. The molecule has 1 rings (SSSR count). The van der Waals surface area contributed by atoms with Crippen molar-refractivity contribution in [2.75, 3.05) is 0 Å². The molecule has 0 aliphatic heterocycles. The van der Waals surface area contributed by atoms with Crippen LogP contribution in [0.2, 0.25) is 0 Å². The minimum atomic E-state index is -1.30. The van der Waals surface area contributed by atoms with Gasteiger partial charge in [-0.25, -0.2) is 0 Å². The third-order valence-corrected chi connectivity index (χ3v) is 3.62. The Morgan fingerprint density at radius 1 is 1.23 bits per heavy atom. The van der Waals surface area contributed by atoms with E-state index in [0.29, 0.717) is 12.8 Å². The second-order valence-corrected chi connectivity index (χ2v) is 6.08. The summed E-state index contributed by atoms with van der Waals surface area (Å²) in [7, 11) is 0. The molecule has 0 saturated carbocycles. The van der Waals surface area contributed by atoms with Crippen LogP contribution in [0.4, 0.5) is 0 Å². The molecule has 5 N–H and O–H groups in total. The fraction of sp³-hybridized carbons (Fsp3) is 0.529. The molecule has 22 heavy (non-hydrogen) atoms. The van der Waals surface area contributed by atoms with Gasteiger partial charge in [0.25, 0.3) is 0 Å². The molecular formula is C17H25N2O3. The second kappa shape index (κ2) is 8.78. The Morgan fingerprint density at radius 2 is 1.82 bits per heavy atom. The number of aliphatic hydroxyl groups is 1. The number of hydrogen-bond donors (Lipinski definition) is 3. The maximum Gasteiger partial charge on any atom is 0.212 e. The van der Waals surface area contributed by atoms with Crippen molar-refractivity contribution in [1.82, 2.24) is 0 Å². The second-order valence-electron chi connectivity index (χ2n) is 6.08. The van der Waals surface area contributed by atoms with Crippen molar-refractivity contribution in [2.24, 2.45) is 23.3 Å². The van der Waals surface area contributed by atoms with Gasteiger partial charge < -0.3 is 16.6 Å². The number of hydrogen-bond acceptors (Lipinski definition) is 5. The number of carbonyl (C=O) groups excluding carboxylic acids is 2. The molecule has 0 aliphatic rings. The van der Waals surface area contributed by atoms with Crippen molar-refractivity contribution in [2.45, 2.75) is 44.9 Å². The lowest BCUT2D eigenvalue weighted by Crippen LogP contribution is -2.49. The summed E-state index contributed by atoms with van der Waals surface area (Å²) in [6.45, 7) is 3.87. The van der Waals surface area contributed by atoms with E-state index in [9.17, 15) is 14.7 Å². The molecule has 5 nitrogen and oxygen atoms in total. The van der Waals surface area contributed by atoms with Crippen LogP contribution in [0.5, 0.6) is 0 Å². The SMILES string of the molecule is CC(C)C[C@H](N)C(=O)C([C]=O)C(O)C(N)Cc1ccccc1. The number of carbonyl (C=O) groups is 1. The lowest BCUT2D eigenvalue weighted by atomic mass is 9.86. The predicted molar refractivity (Wildman–Crippen MR) is 85.7 cm³/mol. The van der Waals surface area contributed by atoms with Crippen molar-refractivity contribution in [3.05, 3.63) is 35.9 Å². The van der Waals surface area contributed by atoms with Crippen molar-refractivity contribution >= 4 is 12.1 Å². The summed E-state index contributed by atoms with van der Waals surface area (Å²) in [5, 5.41) is 10.2. The fourth-order valence-corrected chi connectivity index (χ4v) is 2.40. The normalized spacial score (nSPS) is 16.8. The number of aliphatic hydroxyl groups excluding tert-OH is 1. The van der Waals surface area contributed by atoms with E-state index in [-0.39, 0.29) is 5.92 Å². The quantitative estimate of drug-likeness (QED) is 0.579. The Bertz CT molecular complexity index is 476. The number of ketones is 1. The van der Waals surface area contributed by atoms with E-state index in [0.717, 1.165) is 5.56 Å². The largest absolute Gasteiger partial charge is 0.390 e. The number of Topliss-reactive ketones (excluding diaryl/α,β-unsaturated/α-hetero) is 1. The molecule has 0 aliphatic carbocycles. The van der Waals surface area contributed by atoms with Gasteiger partial charge in [-0.05, 0) is 24.3 Å². The molecule has 121 valence electrons. The Balaban J connectivity index is 2.72. The molecule has 0 spiro atoms. The summed E-state index contributed by atoms with van der Waals surface area (Å²) in [5.41, 5.74) is 12.7. The van der Waals surface area contributed by atoms with Crippen LogP contribution in [0, 0.1) is 11.8 Å². The lowest BCUT2D eigenvalue weighted by molar-refractivity contribution is -0.125. The lowest BCUT2D eigenvalue weighted by Gasteiger charge is -2.25. The van der Waals surface area contributed by atoms with Crippen LogP contribution in [0.3, 0.4) is 0 Å². The van der Waals surface area contributed by atoms with E-state index in [1.807, 2.05) is 44.2 Å². The molecule has 0 fully saturated rings. The van der Waals surface area contributed by atoms with Gasteiger partial charge in [-0.3, -0.25) is 9.59 Å². The first-order valence-corrected chi connectivity index (χ1v) is 7.51. The highest BCUT2D eigenvalue weighted by molar-refractivity contribution is 5.97. The van der Waals surface area contributed by atoms with E-state index in [2.05, 4.69) is 0 Å². The summed E-state index contributed by atoms with van der Waals surface area (Å²) < 4.78 is 0. The minimum Gasteiger partial charge on any atom is -0.390 e. The Labute approximate surface area is 131 Å². The van der Waals surface area contributed by atoms with Crippen molar-refractivity contribution in [3.63, 3.8) is 0 Å². The maximum atomic E-state index is 12.2. The Kier molecular flexibility index (Phi) is 7.38. The number of nitrogens with two attached hydrogens (primary N) is 2. The molecule has 1 aromatic rings. The number of rotatable bonds is 9. The first-order valence-electron chi connectivity index (χ1n) is 7.51. The zero-order valence-corrected chi connectivity index (χ0v) is 13.1. The minimum absolute atomic E-state index is 0.224. The third-order valence-electron chi connectivity index (χ3n) is 3.62. The van der Waals surface area contributed by atoms with Gasteiger partial charge >= 0.3 is 0 Å². The smallest absolute Gasteiger partial charge is 0.212 e. The zero-order valence-electron chi connectivity index (χ0n) is 13.1. The van der Waals surface area contributed by atoms with E-state index in [1.54, 1.807) is 6.29 Å². The molecule has 0 heterocycles. The molecule has 0 aromatic heterocycles. The van der Waals surface area contributed by atoms with Crippen LogP contribution in [0.1, 0.15) is 25.8 Å². The third kappa shape index (κ3) is 5.33. The summed E-state index contributed by atoms with van der Waals surface area (Å²) in [6.07, 6.45) is 1.15. The maximum absolute atomic E-state index is 12.2. The van der Waals surface area contributed by atoms with Crippen LogP contribution < -0.4 is 11.5 Å². The highest BCUT2D eigenvalue weighted by Crippen LogP contribution is 2.15. The summed E-state index contributed by atoms with van der Waals surface area (Å²) in [6, 6.07) is 7.83. The monoisotopic (exact) mass is 305 g/mol. The molecule has 3 unspecified atom stereocenters. The predicted octanol–water partition coefficient (Wildman–Crippen LogP) is 0.586. The van der Waals surface area contributed by atoms with Crippen molar-refractivity contribution < 1.29 is 14.7 Å². The van der Waals surface area contributed by atoms with Gasteiger partial charge in [0.05, 0.1) is 12.1 Å². The van der Waals surface area contributed by atoms with E-state index < -0.39 is 29.9 Å². The molecule has 1 radical (unpaired) electrons. The van der Waals surface area contributed by atoms with Gasteiger partial charge in [-0.2, -0.15) is 0 Å². The summed E-state index contributed by atoms with van der Waals surface area (Å²) in [4.78, 5) is 23.3. The fourth-order valence-electron chi connectivity index (χ4n) is 2.40. The Hall–Kier alpha value is -1.56. The molecule has 0 bridgehead atoms. The summed E-state index contributed by atoms with van der Waals surface area (Å²) in [5.74, 6) is -1.58. The molecule has 5 heteroatoms. The van der Waals surface area contributed by atoms with E-state index in [4.69, 9.17) is 11.5 Å². The first-order chi connectivity index (χ1) is 10.4. The van der Waals surface area contributed by atoms with Gasteiger partial charge in [0.15, 0.2) is 5.78 Å². The average Bonchev–Trinajstić information content (AvgIpc) is 2.47. The Morgan fingerprint density at radius 3 is 2.32 bits per heavy atom. The molecule has 1 aromatic carbocycles. The van der Waals surface area contributed by atoms with Crippen molar-refractivity contribution in [1.29, 1.82) is 0 Å². The number of benzene rings is 1. The van der Waals surface area contributed by atoms with Gasteiger partial charge in [0.2, 0.25) is 6.29 Å². The highest BCUT2D eigenvalue weighted by atomic mass is 16.3. The van der Waals surface area contributed by atoms with Crippen LogP contribution in [-0.2, 0) is 16.0 Å². The first kappa shape index (κ1) is 18.5. The van der Waals surface area contributed by atoms with E-state index in [1.165, 1.54) is 0 Å². The van der Waals surface area contributed by atoms with Gasteiger partial charge in [-0.1, -0.05) is 44.2 Å². The van der Waals surface area contributed by atoms with Crippen LogP contribution in [0.15, 0.2) is 30.3 Å². The molecule has 0 saturated heterocycles. The highest BCUT2D eigenvalue weighted by Gasteiger charge is 2.34. The molecule has 4 atom stereocenters. The van der Waals surface area contributed by atoms with Crippen LogP contribution >= 0.6 is 0 Å². The van der Waals surface area contributed by atoms with Gasteiger partial charge in [0.1, 0.15) is 5.92 Å². The van der Waals surface area contributed by atoms with Gasteiger partial charge in [-0.15, -0.1) is 0 Å². The van der Waals surface area contributed by atoms with Crippen molar-refractivity contribution in [3.8, 4) is 0 Å². The molecular weight excluding hydrogens is 280 g/mol. The topological polar surface area (TPSA) is 106 Å². The molecule has 0 amide bonds. The average molecular weight is 305 g/mol. The van der Waals surface area contributed by atoms with E-state index >= 15 is 0 Å². The van der Waals surface area contributed by atoms with Crippen LogP contribution in [-0.4, -0.2) is 35.4 Å². The standard InChI is InChI=1S/C17H25N2O3/c1-11(2)8-14(18)16(21)13(10-20)17(22)15(19)9-12-6-4-3-5-7-12/h3-7,11,13-15,17,22H,8-9,18-19H2,1-2H3/t13?,14-,15?,17?/m0/s1. The van der Waals surface area contributed by atoms with Gasteiger partial charge in [0, 0.05) is 6.04 Å². The van der Waals surface area contributed by atoms with Crippen LogP contribution in [0.25, 0.3) is 0 Å². The zero-order chi connectivity index (χ0) is 16.7.